The molecule has 49 heavy (non-hydrogen) atoms. The normalized spacial score (nSPS) is 12.0. The summed E-state index contributed by atoms with van der Waals surface area (Å²) in [6.07, 6.45) is 9.27. The summed E-state index contributed by atoms with van der Waals surface area (Å²) < 4.78 is 6.05. The summed E-state index contributed by atoms with van der Waals surface area (Å²) in [5.41, 5.74) is 6.48. The molecular weight excluding hydrogens is 787 g/mol. The minimum Gasteiger partial charge on any atom is -0.512 e. The average Bonchev–Trinajstić information content (AvgIpc) is 3.46. The van der Waals surface area contributed by atoms with E-state index < -0.39 is 0 Å². The molecule has 2 aromatic carbocycles. The smallest absolute Gasteiger partial charge is 0.162 e. The molecule has 0 aliphatic carbocycles. The number of benzene rings is 2. The number of pyridine rings is 1. The Morgan fingerprint density at radius 3 is 2.18 bits per heavy atom. The number of furan rings is 1. The number of carbonyl (C=O) groups is 1. The van der Waals surface area contributed by atoms with Crippen molar-refractivity contribution in [2.75, 3.05) is 0 Å². The number of hydrogen-bond acceptors (Lipinski definition) is 6. The number of carbonyl (C=O) groups excluding carboxylic acids is 1. The molecule has 263 valence electrons. The van der Waals surface area contributed by atoms with E-state index in [1.807, 2.05) is 52.1 Å². The maximum absolute atomic E-state index is 11.7. The number of allylic oxidation sites excluding steroid dienone is 2. The number of aliphatic hydroxyl groups excluding tert-OH is 1. The van der Waals surface area contributed by atoms with Crippen LogP contribution in [0, 0.1) is 23.8 Å². The number of aromatic nitrogens is 3. The van der Waals surface area contributed by atoms with Crippen LogP contribution in [0.3, 0.4) is 0 Å². The van der Waals surface area contributed by atoms with Crippen molar-refractivity contribution in [3.63, 3.8) is 0 Å². The molecule has 0 amide bonds. The van der Waals surface area contributed by atoms with Gasteiger partial charge >= 0.3 is 0 Å². The topological polar surface area (TPSA) is 89.1 Å². The van der Waals surface area contributed by atoms with E-state index >= 15 is 0 Å². The molecule has 0 unspecified atom stereocenters. The van der Waals surface area contributed by atoms with Crippen molar-refractivity contribution in [3.8, 4) is 22.5 Å². The third-order valence-corrected chi connectivity index (χ3v) is 8.93. The first-order valence-corrected chi connectivity index (χ1v) is 17.5. The second-order valence-electron chi connectivity index (χ2n) is 14.1. The van der Waals surface area contributed by atoms with Crippen molar-refractivity contribution in [2.24, 2.45) is 17.8 Å². The van der Waals surface area contributed by atoms with E-state index in [2.05, 4.69) is 86.0 Å². The van der Waals surface area contributed by atoms with Gasteiger partial charge in [0.1, 0.15) is 17.6 Å². The fourth-order valence-electron chi connectivity index (χ4n) is 6.04. The summed E-state index contributed by atoms with van der Waals surface area (Å²) in [5, 5.41) is 12.1. The van der Waals surface area contributed by atoms with Gasteiger partial charge in [0, 0.05) is 68.0 Å². The summed E-state index contributed by atoms with van der Waals surface area (Å²) in [4.78, 5) is 25.4. The predicted octanol–water partition coefficient (Wildman–Crippen LogP) is 11.3. The quantitative estimate of drug-likeness (QED) is 0.0810. The van der Waals surface area contributed by atoms with Crippen LogP contribution in [0.2, 0.25) is 0 Å². The standard InChI is InChI=1S/C29H28N3O.C13H24O2.Ir/c1-18(2)10-22-14-27-28(33-22)13-21(16-30-27)26-15-25(31-17-32-26)20-11-19-8-6-7-9-23(19)24(12-20)29(3,4)5;1-5-10(6-2)12(14)9-13(15)11(7-3)8-4;/h6-9,12-18H,10H2,1-5H3;9-11,14H,5-8H2,1-4H3;/q-1;;/b;12-9-;. The van der Waals surface area contributed by atoms with Crippen LogP contribution >= 0.6 is 0 Å². The summed E-state index contributed by atoms with van der Waals surface area (Å²) in [5.74, 6) is 2.05. The van der Waals surface area contributed by atoms with Crippen LogP contribution < -0.4 is 0 Å². The molecule has 6 nitrogen and oxygen atoms in total. The molecule has 0 saturated heterocycles. The Balaban J connectivity index is 0.000000347. The predicted molar refractivity (Wildman–Crippen MR) is 198 cm³/mol. The summed E-state index contributed by atoms with van der Waals surface area (Å²) in [7, 11) is 0. The number of ketones is 1. The second-order valence-corrected chi connectivity index (χ2v) is 14.1. The van der Waals surface area contributed by atoms with Gasteiger partial charge in [0.25, 0.3) is 0 Å². The molecule has 0 fully saturated rings. The fraction of sp³-hybridized carbons (Fsp3) is 0.429. The minimum atomic E-state index is 0. The van der Waals surface area contributed by atoms with Crippen LogP contribution in [0.4, 0.5) is 0 Å². The number of rotatable bonds is 11. The van der Waals surface area contributed by atoms with E-state index in [1.165, 1.54) is 17.0 Å². The van der Waals surface area contributed by atoms with Crippen molar-refractivity contribution in [1.82, 2.24) is 15.0 Å². The Morgan fingerprint density at radius 1 is 0.898 bits per heavy atom. The monoisotopic (exact) mass is 839 g/mol. The third kappa shape index (κ3) is 10.2. The third-order valence-electron chi connectivity index (χ3n) is 8.93. The van der Waals surface area contributed by atoms with Gasteiger partial charge in [-0.15, -0.1) is 29.1 Å². The first-order valence-electron chi connectivity index (χ1n) is 17.5. The van der Waals surface area contributed by atoms with Crippen molar-refractivity contribution in [1.29, 1.82) is 0 Å². The minimum absolute atomic E-state index is 0. The molecule has 0 saturated carbocycles. The van der Waals surface area contributed by atoms with E-state index in [0.717, 1.165) is 76.9 Å². The Kier molecular flexibility index (Phi) is 14.5. The van der Waals surface area contributed by atoms with Gasteiger partial charge in [-0.1, -0.05) is 91.5 Å². The van der Waals surface area contributed by atoms with Crippen LogP contribution in [0.1, 0.15) is 99.3 Å². The summed E-state index contributed by atoms with van der Waals surface area (Å²) >= 11 is 0. The molecule has 1 radical (unpaired) electrons. The Labute approximate surface area is 306 Å². The Morgan fingerprint density at radius 2 is 1.55 bits per heavy atom. The molecule has 0 spiro atoms. The van der Waals surface area contributed by atoms with Crippen LogP contribution in [0.25, 0.3) is 44.4 Å². The van der Waals surface area contributed by atoms with Crippen molar-refractivity contribution in [3.05, 3.63) is 90.3 Å². The van der Waals surface area contributed by atoms with Gasteiger partial charge in [0.2, 0.25) is 0 Å². The Bertz CT molecular complexity index is 1860. The number of nitrogens with zero attached hydrogens (tertiary/aromatic N) is 3. The molecular formula is C42H52IrN3O3-. The fourth-order valence-corrected chi connectivity index (χ4v) is 6.04. The molecule has 0 aliphatic heterocycles. The summed E-state index contributed by atoms with van der Waals surface area (Å²) in [6.45, 7) is 19.2. The molecule has 3 aromatic heterocycles. The van der Waals surface area contributed by atoms with E-state index in [-0.39, 0.29) is 48.9 Å². The maximum Gasteiger partial charge on any atom is 0.162 e. The molecule has 0 bridgehead atoms. The number of fused-ring (bicyclic) bond motifs is 2. The van der Waals surface area contributed by atoms with Crippen LogP contribution in [-0.4, -0.2) is 25.8 Å². The molecule has 5 rings (SSSR count). The molecule has 7 heteroatoms. The van der Waals surface area contributed by atoms with Gasteiger partial charge in [-0.3, -0.25) is 14.8 Å². The molecule has 1 N–H and O–H groups in total. The SMILES string of the molecule is CC(C)Cc1cc2ncc(-c3cc(-c4[c-]c5ccccc5c(C(C)(C)C)c4)ncn3)cc2o1.CCC(CC)C(=O)/C=C(\O)C(CC)CC.[Ir]. The molecule has 3 heterocycles. The van der Waals surface area contributed by atoms with Gasteiger partial charge in [-0.05, 0) is 49.1 Å². The number of hydrogen-bond donors (Lipinski definition) is 1. The maximum atomic E-state index is 11.7. The van der Waals surface area contributed by atoms with E-state index in [0.29, 0.717) is 5.92 Å². The largest absolute Gasteiger partial charge is 0.512 e. The van der Waals surface area contributed by atoms with Gasteiger partial charge in [0.15, 0.2) is 11.4 Å². The Hall–Kier alpha value is -3.67. The molecule has 0 aliphatic rings. The zero-order chi connectivity index (χ0) is 35.0. The first-order chi connectivity index (χ1) is 22.9. The van der Waals surface area contributed by atoms with Gasteiger partial charge < -0.3 is 9.52 Å². The van der Waals surface area contributed by atoms with E-state index in [9.17, 15) is 9.90 Å². The molecule has 0 atom stereocenters. The van der Waals surface area contributed by atoms with Crippen LogP contribution in [0.15, 0.2) is 77.3 Å². The van der Waals surface area contributed by atoms with Crippen molar-refractivity contribution in [2.45, 2.75) is 99.8 Å². The van der Waals surface area contributed by atoms with Crippen LogP contribution in [-0.2, 0) is 36.7 Å². The van der Waals surface area contributed by atoms with E-state index in [1.54, 1.807) is 6.33 Å². The summed E-state index contributed by atoms with van der Waals surface area (Å²) in [6, 6.07) is 20.2. The van der Waals surface area contributed by atoms with E-state index in [4.69, 9.17) is 4.42 Å². The first kappa shape index (κ1) is 39.8. The van der Waals surface area contributed by atoms with Crippen molar-refractivity contribution < 1.29 is 34.4 Å². The second kappa shape index (κ2) is 17.8. The zero-order valence-electron chi connectivity index (χ0n) is 30.6. The zero-order valence-corrected chi connectivity index (χ0v) is 33.0. The van der Waals surface area contributed by atoms with Crippen molar-refractivity contribution >= 4 is 27.7 Å². The average molecular weight is 839 g/mol. The van der Waals surface area contributed by atoms with Crippen LogP contribution in [0.5, 0.6) is 0 Å². The number of aliphatic hydroxyl groups is 1. The molecule has 5 aromatic rings. The van der Waals surface area contributed by atoms with Gasteiger partial charge in [-0.2, -0.15) is 0 Å². The van der Waals surface area contributed by atoms with Gasteiger partial charge in [0.05, 0.1) is 11.5 Å². The van der Waals surface area contributed by atoms with Gasteiger partial charge in [-0.25, -0.2) is 4.98 Å².